The first-order valence-electron chi connectivity index (χ1n) is 6.99. The van der Waals surface area contributed by atoms with Crippen molar-refractivity contribution in [3.63, 3.8) is 0 Å². The lowest BCUT2D eigenvalue weighted by molar-refractivity contribution is 0.0916. The molecule has 0 spiro atoms. The number of Topliss-reactive ketones (excluding diaryl/α,β-unsaturated/α-hetero) is 1. The van der Waals surface area contributed by atoms with Crippen molar-refractivity contribution in [2.45, 2.75) is 26.7 Å². The first-order valence-corrected chi connectivity index (χ1v) is 7.80. The van der Waals surface area contributed by atoms with Crippen molar-refractivity contribution in [1.29, 1.82) is 0 Å². The van der Waals surface area contributed by atoms with E-state index in [1.54, 1.807) is 0 Å². The lowest BCUT2D eigenvalue weighted by atomic mass is 9.78. The Balaban J connectivity index is 1.82. The molecule has 0 N–H and O–H groups in total. The molecule has 0 saturated carbocycles. The summed E-state index contributed by atoms with van der Waals surface area (Å²) >= 11 is 1.48. The standard InChI is InChI=1S/C16H15N3OS/c1-16(2)7-10-14(12(20)8-16)21-15(18-10)11-9-19-6-4-3-5-13(19)17-11/h3-6,9H,7-8H2,1-2H3. The zero-order chi connectivity index (χ0) is 14.6. The molecule has 0 fully saturated rings. The lowest BCUT2D eigenvalue weighted by Gasteiger charge is -2.26. The van der Waals surface area contributed by atoms with Crippen LogP contribution in [0.4, 0.5) is 0 Å². The molecule has 21 heavy (non-hydrogen) atoms. The highest BCUT2D eigenvalue weighted by Gasteiger charge is 2.34. The molecule has 3 heterocycles. The number of imidazole rings is 1. The highest BCUT2D eigenvalue weighted by Crippen LogP contribution is 2.39. The van der Waals surface area contributed by atoms with Crippen LogP contribution in [0.3, 0.4) is 0 Å². The van der Waals surface area contributed by atoms with Gasteiger partial charge in [0, 0.05) is 18.8 Å². The maximum atomic E-state index is 12.3. The number of nitrogens with zero attached hydrogens (tertiary/aromatic N) is 3. The van der Waals surface area contributed by atoms with Gasteiger partial charge in [-0.15, -0.1) is 11.3 Å². The molecule has 0 bridgehead atoms. The molecule has 1 aliphatic rings. The first-order chi connectivity index (χ1) is 10.0. The number of aromatic nitrogens is 3. The van der Waals surface area contributed by atoms with Gasteiger partial charge in [0.2, 0.25) is 0 Å². The average Bonchev–Trinajstić information content (AvgIpc) is 2.99. The van der Waals surface area contributed by atoms with Crippen molar-refractivity contribution < 1.29 is 4.79 Å². The maximum Gasteiger partial charge on any atom is 0.175 e. The van der Waals surface area contributed by atoms with Crippen molar-refractivity contribution in [3.8, 4) is 10.7 Å². The van der Waals surface area contributed by atoms with E-state index < -0.39 is 0 Å². The van der Waals surface area contributed by atoms with Gasteiger partial charge in [0.25, 0.3) is 0 Å². The van der Waals surface area contributed by atoms with Gasteiger partial charge in [0.05, 0.1) is 10.6 Å². The van der Waals surface area contributed by atoms with Gasteiger partial charge in [-0.2, -0.15) is 0 Å². The predicted molar refractivity (Wildman–Crippen MR) is 82.7 cm³/mol. The molecule has 0 atom stereocenters. The average molecular weight is 297 g/mol. The number of fused-ring (bicyclic) bond motifs is 2. The van der Waals surface area contributed by atoms with Crippen LogP contribution in [-0.4, -0.2) is 20.2 Å². The summed E-state index contributed by atoms with van der Waals surface area (Å²) in [4.78, 5) is 22.4. The fraction of sp³-hybridized carbons (Fsp3) is 0.312. The van der Waals surface area contributed by atoms with Gasteiger partial charge in [-0.05, 0) is 24.0 Å². The van der Waals surface area contributed by atoms with Gasteiger partial charge >= 0.3 is 0 Å². The highest BCUT2D eigenvalue weighted by molar-refractivity contribution is 7.17. The summed E-state index contributed by atoms with van der Waals surface area (Å²) in [5.41, 5.74) is 2.68. The van der Waals surface area contributed by atoms with E-state index in [9.17, 15) is 4.79 Å². The van der Waals surface area contributed by atoms with Gasteiger partial charge in [-0.1, -0.05) is 19.9 Å². The number of pyridine rings is 1. The topological polar surface area (TPSA) is 47.3 Å². The van der Waals surface area contributed by atoms with E-state index in [2.05, 4.69) is 23.8 Å². The monoisotopic (exact) mass is 297 g/mol. The summed E-state index contributed by atoms with van der Waals surface area (Å²) in [6, 6.07) is 5.90. The predicted octanol–water partition coefficient (Wildman–Crippen LogP) is 3.61. The van der Waals surface area contributed by atoms with Crippen molar-refractivity contribution >= 4 is 22.8 Å². The van der Waals surface area contributed by atoms with Crippen LogP contribution in [0.15, 0.2) is 30.6 Å². The van der Waals surface area contributed by atoms with Gasteiger partial charge in [-0.3, -0.25) is 4.79 Å². The van der Waals surface area contributed by atoms with E-state index >= 15 is 0 Å². The molecule has 106 valence electrons. The van der Waals surface area contributed by atoms with Crippen LogP contribution in [0.2, 0.25) is 0 Å². The summed E-state index contributed by atoms with van der Waals surface area (Å²) in [5, 5.41) is 0.842. The van der Waals surface area contributed by atoms with Crippen LogP contribution in [0.5, 0.6) is 0 Å². The van der Waals surface area contributed by atoms with Crippen LogP contribution in [0.1, 0.15) is 35.6 Å². The van der Waals surface area contributed by atoms with Crippen LogP contribution in [-0.2, 0) is 6.42 Å². The van der Waals surface area contributed by atoms with E-state index in [-0.39, 0.29) is 11.2 Å². The molecule has 0 radical (unpaired) electrons. The summed E-state index contributed by atoms with van der Waals surface area (Å²) in [6.07, 6.45) is 5.40. The number of carbonyl (C=O) groups is 1. The van der Waals surface area contributed by atoms with Gasteiger partial charge in [0.1, 0.15) is 16.3 Å². The molecule has 3 aromatic heterocycles. The van der Waals surface area contributed by atoms with Crippen LogP contribution in [0, 0.1) is 5.41 Å². The third kappa shape index (κ3) is 2.08. The molecule has 4 nitrogen and oxygen atoms in total. The number of hydrogen-bond donors (Lipinski definition) is 0. The van der Waals surface area contributed by atoms with E-state index in [4.69, 9.17) is 0 Å². The van der Waals surface area contributed by atoms with Crippen molar-refractivity contribution in [3.05, 3.63) is 41.2 Å². The number of thiazole rings is 1. The number of ketones is 1. The summed E-state index contributed by atoms with van der Waals surface area (Å²) in [7, 11) is 0. The molecule has 4 rings (SSSR count). The van der Waals surface area contributed by atoms with Crippen molar-refractivity contribution in [1.82, 2.24) is 14.4 Å². The SMILES string of the molecule is CC1(C)CC(=O)c2sc(-c3cn4ccccc4n3)nc2C1. The zero-order valence-corrected chi connectivity index (χ0v) is 12.8. The Bertz CT molecular complexity index is 826. The fourth-order valence-electron chi connectivity index (χ4n) is 2.87. The highest BCUT2D eigenvalue weighted by atomic mass is 32.1. The third-order valence-corrected chi connectivity index (χ3v) is 4.98. The van der Waals surface area contributed by atoms with E-state index in [0.717, 1.165) is 33.3 Å². The Morgan fingerprint density at radius 1 is 1.24 bits per heavy atom. The first kappa shape index (κ1) is 12.7. The minimum absolute atomic E-state index is 0.00827. The third-order valence-electron chi connectivity index (χ3n) is 3.82. The number of rotatable bonds is 1. The number of carbonyl (C=O) groups excluding carboxylic acids is 1. The lowest BCUT2D eigenvalue weighted by Crippen LogP contribution is -2.25. The van der Waals surface area contributed by atoms with E-state index in [1.807, 2.05) is 35.0 Å². The quantitative estimate of drug-likeness (QED) is 0.689. The van der Waals surface area contributed by atoms with Crippen LogP contribution in [0.25, 0.3) is 16.3 Å². The van der Waals surface area contributed by atoms with Gasteiger partial charge in [-0.25, -0.2) is 9.97 Å². The molecule has 0 amide bonds. The summed E-state index contributed by atoms with van der Waals surface area (Å²) in [6.45, 7) is 4.25. The summed E-state index contributed by atoms with van der Waals surface area (Å²) < 4.78 is 1.97. The second kappa shape index (κ2) is 4.24. The fourth-order valence-corrected chi connectivity index (χ4v) is 3.84. The molecule has 5 heteroatoms. The Morgan fingerprint density at radius 2 is 2.10 bits per heavy atom. The largest absolute Gasteiger partial charge is 0.306 e. The Labute approximate surface area is 126 Å². The molecular weight excluding hydrogens is 282 g/mol. The zero-order valence-electron chi connectivity index (χ0n) is 12.0. The van der Waals surface area contributed by atoms with E-state index in [0.29, 0.717) is 6.42 Å². The van der Waals surface area contributed by atoms with Crippen molar-refractivity contribution in [2.24, 2.45) is 5.41 Å². The van der Waals surface area contributed by atoms with Gasteiger partial charge in [0.15, 0.2) is 5.78 Å². The summed E-state index contributed by atoms with van der Waals surface area (Å²) in [5.74, 6) is 0.216. The van der Waals surface area contributed by atoms with E-state index in [1.165, 1.54) is 11.3 Å². The second-order valence-electron chi connectivity index (χ2n) is 6.33. The Kier molecular flexibility index (Phi) is 2.57. The molecule has 0 saturated heterocycles. The van der Waals surface area contributed by atoms with Crippen LogP contribution < -0.4 is 0 Å². The van der Waals surface area contributed by atoms with Crippen LogP contribution >= 0.6 is 11.3 Å². The molecule has 0 aromatic carbocycles. The second-order valence-corrected chi connectivity index (χ2v) is 7.33. The molecule has 0 aliphatic heterocycles. The molecule has 3 aromatic rings. The van der Waals surface area contributed by atoms with Gasteiger partial charge < -0.3 is 4.40 Å². The normalized spacial score (nSPS) is 17.1. The molecule has 0 unspecified atom stereocenters. The molecular formula is C16H15N3OS. The van der Waals surface area contributed by atoms with Crippen molar-refractivity contribution in [2.75, 3.05) is 0 Å². The maximum absolute atomic E-state index is 12.3. The Hall–Kier alpha value is -2.01. The minimum Gasteiger partial charge on any atom is -0.306 e. The Morgan fingerprint density at radius 3 is 2.90 bits per heavy atom. The molecule has 1 aliphatic carbocycles. The smallest absolute Gasteiger partial charge is 0.175 e. The minimum atomic E-state index is 0.00827. The number of hydrogen-bond acceptors (Lipinski definition) is 4.